The molecule has 1 unspecified atom stereocenters. The molecule has 3 aromatic heterocycles. The van der Waals surface area contributed by atoms with Gasteiger partial charge in [-0.15, -0.1) is 24.0 Å². The van der Waals surface area contributed by atoms with E-state index in [1.165, 1.54) is 0 Å². The smallest absolute Gasteiger partial charge is 0.216 e. The van der Waals surface area contributed by atoms with Crippen LogP contribution in [-0.4, -0.2) is 34.2 Å². The Morgan fingerprint density at radius 2 is 2.10 bits per heavy atom. The summed E-state index contributed by atoms with van der Waals surface area (Å²) in [6, 6.07) is 13.7. The molecule has 3 heterocycles. The summed E-state index contributed by atoms with van der Waals surface area (Å²) in [7, 11) is 0. The third-order valence-corrected chi connectivity index (χ3v) is 4.46. The van der Waals surface area contributed by atoms with E-state index >= 15 is 0 Å². The second kappa shape index (κ2) is 10.3. The largest absolute Gasteiger partial charge is 0.461 e. The fourth-order valence-electron chi connectivity index (χ4n) is 3.01. The van der Waals surface area contributed by atoms with E-state index in [2.05, 4.69) is 43.8 Å². The van der Waals surface area contributed by atoms with Gasteiger partial charge in [-0.1, -0.05) is 18.2 Å². The van der Waals surface area contributed by atoms with Gasteiger partial charge in [-0.25, -0.2) is 4.98 Å². The lowest BCUT2D eigenvalue weighted by atomic mass is 10.2. The highest BCUT2D eigenvalue weighted by Gasteiger charge is 2.13. The van der Waals surface area contributed by atoms with Gasteiger partial charge in [0.2, 0.25) is 5.82 Å². The number of H-pyrrole nitrogens is 1. The molecule has 0 fully saturated rings. The number of hydrogen-bond donors (Lipinski definition) is 3. The van der Waals surface area contributed by atoms with Crippen LogP contribution in [0.15, 0.2) is 62.6 Å². The molecule has 3 N–H and O–H groups in total. The first kappa shape index (κ1) is 21.9. The zero-order valence-electron chi connectivity index (χ0n) is 16.9. The maximum Gasteiger partial charge on any atom is 0.216 e. The van der Waals surface area contributed by atoms with E-state index in [1.54, 1.807) is 6.26 Å². The second-order valence-corrected chi connectivity index (χ2v) is 6.65. The quantitative estimate of drug-likeness (QED) is 0.191. The summed E-state index contributed by atoms with van der Waals surface area (Å²) < 4.78 is 11.3. The molecule has 0 saturated heterocycles. The van der Waals surface area contributed by atoms with E-state index in [0.29, 0.717) is 24.6 Å². The molecular formula is C21H25IN6O2. The number of benzene rings is 1. The van der Waals surface area contributed by atoms with E-state index in [1.807, 2.05) is 43.3 Å². The van der Waals surface area contributed by atoms with Crippen LogP contribution in [0.5, 0.6) is 0 Å². The highest BCUT2D eigenvalue weighted by molar-refractivity contribution is 14.0. The minimum atomic E-state index is -0.0176. The van der Waals surface area contributed by atoms with Crippen molar-refractivity contribution in [2.45, 2.75) is 26.3 Å². The molecule has 0 amide bonds. The molecule has 0 bridgehead atoms. The highest BCUT2D eigenvalue weighted by atomic mass is 127. The molecule has 9 heteroatoms. The van der Waals surface area contributed by atoms with Crippen molar-refractivity contribution < 1.29 is 8.83 Å². The molecular weight excluding hydrogens is 495 g/mol. The SMILES string of the molecule is CCNC(=NCCc1nc(-c2ccco2)n[nH]1)NC(C)c1cc2ccccc2o1.I. The number of halogens is 1. The van der Waals surface area contributed by atoms with Crippen LogP contribution in [0.1, 0.15) is 31.5 Å². The number of para-hydroxylation sites is 1. The Labute approximate surface area is 191 Å². The summed E-state index contributed by atoms with van der Waals surface area (Å²) in [5.74, 6) is 3.56. The van der Waals surface area contributed by atoms with E-state index < -0.39 is 0 Å². The Bertz CT molecular complexity index is 1050. The summed E-state index contributed by atoms with van der Waals surface area (Å²) in [5.41, 5.74) is 0.885. The van der Waals surface area contributed by atoms with Gasteiger partial charge in [0.15, 0.2) is 11.7 Å². The number of rotatable bonds is 7. The molecule has 0 aliphatic carbocycles. The van der Waals surface area contributed by atoms with Gasteiger partial charge in [-0.2, -0.15) is 5.10 Å². The van der Waals surface area contributed by atoms with Crippen molar-refractivity contribution in [3.8, 4) is 11.6 Å². The molecule has 4 aromatic rings. The van der Waals surface area contributed by atoms with Gasteiger partial charge in [0.25, 0.3) is 0 Å². The molecule has 4 rings (SSSR count). The first-order chi connectivity index (χ1) is 14.2. The van der Waals surface area contributed by atoms with Crippen molar-refractivity contribution in [1.82, 2.24) is 25.8 Å². The number of aliphatic imine (C=N–C) groups is 1. The van der Waals surface area contributed by atoms with Crippen LogP contribution in [0.25, 0.3) is 22.6 Å². The molecule has 0 spiro atoms. The number of furan rings is 2. The topological polar surface area (TPSA) is 104 Å². The van der Waals surface area contributed by atoms with Crippen LogP contribution in [-0.2, 0) is 6.42 Å². The van der Waals surface area contributed by atoms with Crippen LogP contribution in [0.4, 0.5) is 0 Å². The van der Waals surface area contributed by atoms with Crippen molar-refractivity contribution in [3.05, 3.63) is 60.3 Å². The normalized spacial score (nSPS) is 12.5. The highest BCUT2D eigenvalue weighted by Crippen LogP contribution is 2.23. The van der Waals surface area contributed by atoms with Crippen molar-refractivity contribution in [3.63, 3.8) is 0 Å². The van der Waals surface area contributed by atoms with E-state index in [4.69, 9.17) is 8.83 Å². The molecule has 30 heavy (non-hydrogen) atoms. The number of nitrogens with zero attached hydrogens (tertiary/aromatic N) is 3. The van der Waals surface area contributed by atoms with E-state index in [9.17, 15) is 0 Å². The average molecular weight is 520 g/mol. The van der Waals surface area contributed by atoms with Gasteiger partial charge in [-0.3, -0.25) is 10.1 Å². The van der Waals surface area contributed by atoms with Crippen LogP contribution in [0.2, 0.25) is 0 Å². The lowest BCUT2D eigenvalue weighted by Gasteiger charge is -2.15. The summed E-state index contributed by atoms with van der Waals surface area (Å²) in [5, 5.41) is 14.9. The average Bonchev–Trinajstić information content (AvgIpc) is 3.47. The van der Waals surface area contributed by atoms with Gasteiger partial charge < -0.3 is 19.5 Å². The number of fused-ring (bicyclic) bond motifs is 1. The van der Waals surface area contributed by atoms with Gasteiger partial charge in [0, 0.05) is 24.9 Å². The van der Waals surface area contributed by atoms with Crippen LogP contribution >= 0.6 is 24.0 Å². The number of aromatic nitrogens is 3. The van der Waals surface area contributed by atoms with E-state index in [0.717, 1.165) is 35.1 Å². The van der Waals surface area contributed by atoms with Crippen molar-refractivity contribution >= 4 is 40.9 Å². The number of nitrogens with one attached hydrogen (secondary N) is 3. The molecule has 1 atom stereocenters. The number of hydrogen-bond acceptors (Lipinski definition) is 5. The van der Waals surface area contributed by atoms with E-state index in [-0.39, 0.29) is 30.0 Å². The van der Waals surface area contributed by atoms with Crippen molar-refractivity contribution in [2.24, 2.45) is 4.99 Å². The lowest BCUT2D eigenvalue weighted by Crippen LogP contribution is -2.38. The Balaban J connectivity index is 0.00000256. The summed E-state index contributed by atoms with van der Waals surface area (Å²) >= 11 is 0. The first-order valence-corrected chi connectivity index (χ1v) is 9.71. The fourth-order valence-corrected chi connectivity index (χ4v) is 3.01. The second-order valence-electron chi connectivity index (χ2n) is 6.65. The van der Waals surface area contributed by atoms with Gasteiger partial charge >= 0.3 is 0 Å². The predicted molar refractivity (Wildman–Crippen MR) is 127 cm³/mol. The lowest BCUT2D eigenvalue weighted by molar-refractivity contribution is 0.488. The van der Waals surface area contributed by atoms with Crippen LogP contribution < -0.4 is 10.6 Å². The summed E-state index contributed by atoms with van der Waals surface area (Å²) in [6.45, 7) is 5.42. The van der Waals surface area contributed by atoms with Gasteiger partial charge in [0.1, 0.15) is 17.2 Å². The molecule has 0 radical (unpaired) electrons. The van der Waals surface area contributed by atoms with Crippen LogP contribution in [0, 0.1) is 0 Å². The molecule has 0 saturated carbocycles. The van der Waals surface area contributed by atoms with Gasteiger partial charge in [-0.05, 0) is 38.1 Å². The third kappa shape index (κ3) is 5.21. The Hall–Kier alpha value is -2.82. The monoisotopic (exact) mass is 520 g/mol. The zero-order chi connectivity index (χ0) is 20.1. The molecule has 1 aromatic carbocycles. The summed E-state index contributed by atoms with van der Waals surface area (Å²) in [4.78, 5) is 9.08. The first-order valence-electron chi connectivity index (χ1n) is 9.71. The number of guanidine groups is 1. The van der Waals surface area contributed by atoms with Crippen molar-refractivity contribution in [1.29, 1.82) is 0 Å². The minimum Gasteiger partial charge on any atom is -0.461 e. The molecule has 8 nitrogen and oxygen atoms in total. The Morgan fingerprint density at radius 3 is 2.87 bits per heavy atom. The maximum atomic E-state index is 5.94. The Kier molecular flexibility index (Phi) is 7.50. The molecule has 0 aliphatic heterocycles. The standard InChI is InChI=1S/C21H24N6O2.HI/c1-3-22-21(24-14(2)18-13-15-7-4-5-8-16(15)29-18)23-11-10-19-25-20(27-26-19)17-9-6-12-28-17;/h4-9,12-14H,3,10-11H2,1-2H3,(H2,22,23,24)(H,25,26,27);1H. The Morgan fingerprint density at radius 1 is 1.23 bits per heavy atom. The number of aromatic amines is 1. The third-order valence-electron chi connectivity index (χ3n) is 4.46. The fraction of sp³-hybridized carbons (Fsp3) is 0.286. The van der Waals surface area contributed by atoms with Crippen LogP contribution in [0.3, 0.4) is 0 Å². The maximum absolute atomic E-state index is 5.94. The minimum absolute atomic E-state index is 0. The zero-order valence-corrected chi connectivity index (χ0v) is 19.2. The molecule has 158 valence electrons. The predicted octanol–water partition coefficient (Wildman–Crippen LogP) is 4.29. The molecule has 0 aliphatic rings. The summed E-state index contributed by atoms with van der Waals surface area (Å²) in [6.07, 6.45) is 2.25. The van der Waals surface area contributed by atoms with Gasteiger partial charge in [0.05, 0.1) is 12.3 Å². The van der Waals surface area contributed by atoms with Crippen molar-refractivity contribution in [2.75, 3.05) is 13.1 Å².